The Bertz CT molecular complexity index is 167. The molecule has 0 aliphatic carbocycles. The van der Waals surface area contributed by atoms with Crippen LogP contribution in [0.1, 0.15) is 33.6 Å². The lowest BCUT2D eigenvalue weighted by molar-refractivity contribution is 0.0525. The van der Waals surface area contributed by atoms with Gasteiger partial charge in [-0.15, -0.1) is 0 Å². The van der Waals surface area contributed by atoms with E-state index in [1.165, 1.54) is 0 Å². The summed E-state index contributed by atoms with van der Waals surface area (Å²) in [6, 6.07) is 0. The van der Waals surface area contributed by atoms with Crippen LogP contribution in [0, 0.1) is 5.92 Å². The Hall–Kier alpha value is 0.137. The van der Waals surface area contributed by atoms with E-state index in [0.717, 1.165) is 19.4 Å². The molecule has 0 aromatic carbocycles. The topological polar surface area (TPSA) is 35.2 Å². The van der Waals surface area contributed by atoms with E-state index in [1.807, 2.05) is 0 Å². The third-order valence-electron chi connectivity index (χ3n) is 2.48. The molecule has 2 nitrogen and oxygen atoms in total. The van der Waals surface area contributed by atoms with E-state index in [9.17, 15) is 0 Å². The van der Waals surface area contributed by atoms with Gasteiger partial charge in [-0.2, -0.15) is 0 Å². The van der Waals surface area contributed by atoms with Crippen LogP contribution in [0.3, 0.4) is 0 Å². The zero-order chi connectivity index (χ0) is 11.4. The highest BCUT2D eigenvalue weighted by atomic mass is 28.4. The second kappa shape index (κ2) is 5.28. The Morgan fingerprint density at radius 3 is 2.14 bits per heavy atom. The minimum atomic E-state index is -1.43. The van der Waals surface area contributed by atoms with Gasteiger partial charge in [0.1, 0.15) is 0 Å². The normalized spacial score (nSPS) is 19.1. The number of nitrogens with two attached hydrogens (primary N) is 1. The first-order chi connectivity index (χ1) is 6.22. The van der Waals surface area contributed by atoms with Crippen molar-refractivity contribution in [1.82, 2.24) is 0 Å². The minimum Gasteiger partial charge on any atom is -0.412 e. The molecule has 0 saturated carbocycles. The molecular weight excluding hydrogens is 190 g/mol. The average molecular weight is 217 g/mol. The first-order valence-corrected chi connectivity index (χ1v) is 9.03. The Kier molecular flexibility index (Phi) is 5.34. The van der Waals surface area contributed by atoms with Crippen LogP contribution >= 0.6 is 0 Å². The van der Waals surface area contributed by atoms with Crippen LogP contribution in [0.4, 0.5) is 0 Å². The van der Waals surface area contributed by atoms with Gasteiger partial charge in [0, 0.05) is 0 Å². The minimum absolute atomic E-state index is 0.0310. The summed E-state index contributed by atoms with van der Waals surface area (Å²) in [5.41, 5.74) is 5.68. The molecule has 0 amide bonds. The van der Waals surface area contributed by atoms with Gasteiger partial charge in [-0.05, 0) is 51.9 Å². The van der Waals surface area contributed by atoms with Gasteiger partial charge in [-0.3, -0.25) is 0 Å². The van der Waals surface area contributed by atoms with Crippen molar-refractivity contribution in [2.75, 3.05) is 6.54 Å². The van der Waals surface area contributed by atoms with E-state index in [4.69, 9.17) is 10.2 Å². The highest BCUT2D eigenvalue weighted by Crippen LogP contribution is 2.28. The Balaban J connectivity index is 4.32. The van der Waals surface area contributed by atoms with Crippen LogP contribution in [-0.4, -0.2) is 20.5 Å². The van der Waals surface area contributed by atoms with Crippen molar-refractivity contribution >= 4 is 8.32 Å². The van der Waals surface area contributed by atoms with Crippen LogP contribution in [0.5, 0.6) is 0 Å². The monoisotopic (exact) mass is 217 g/mol. The van der Waals surface area contributed by atoms with E-state index in [1.54, 1.807) is 0 Å². The zero-order valence-corrected chi connectivity index (χ0v) is 11.7. The van der Waals surface area contributed by atoms with Gasteiger partial charge in [-0.1, -0.05) is 13.8 Å². The SMILES string of the molecule is CCC(C)(CC(C)CN)O[Si](C)(C)C. The van der Waals surface area contributed by atoms with E-state index in [2.05, 4.69) is 40.4 Å². The zero-order valence-electron chi connectivity index (χ0n) is 10.7. The maximum absolute atomic E-state index is 6.23. The van der Waals surface area contributed by atoms with Crippen LogP contribution in [-0.2, 0) is 4.43 Å². The van der Waals surface area contributed by atoms with Gasteiger partial charge < -0.3 is 10.2 Å². The third kappa shape index (κ3) is 5.78. The molecule has 0 spiro atoms. The second-order valence-corrected chi connectivity index (χ2v) is 9.99. The molecule has 0 aromatic heterocycles. The summed E-state index contributed by atoms with van der Waals surface area (Å²) in [7, 11) is -1.43. The van der Waals surface area contributed by atoms with Gasteiger partial charge in [0.15, 0.2) is 8.32 Å². The first-order valence-electron chi connectivity index (χ1n) is 5.62. The smallest absolute Gasteiger partial charge is 0.184 e. The fourth-order valence-corrected chi connectivity index (χ4v) is 3.52. The van der Waals surface area contributed by atoms with Crippen LogP contribution < -0.4 is 5.73 Å². The number of rotatable bonds is 6. The molecule has 0 rings (SSSR count). The molecular formula is C11H27NOSi. The maximum Gasteiger partial charge on any atom is 0.184 e. The standard InChI is InChI=1S/C11H27NOSi/c1-7-11(3,8-10(2)9-12)13-14(4,5)6/h10H,7-9,12H2,1-6H3. The van der Waals surface area contributed by atoms with E-state index >= 15 is 0 Å². The van der Waals surface area contributed by atoms with Crippen molar-refractivity contribution in [3.8, 4) is 0 Å². The van der Waals surface area contributed by atoms with Gasteiger partial charge >= 0.3 is 0 Å². The van der Waals surface area contributed by atoms with Gasteiger partial charge in [0.2, 0.25) is 0 Å². The Morgan fingerprint density at radius 1 is 1.36 bits per heavy atom. The molecule has 0 fully saturated rings. The molecule has 0 aliphatic rings. The van der Waals surface area contributed by atoms with Crippen molar-refractivity contribution in [1.29, 1.82) is 0 Å². The number of hydrogen-bond acceptors (Lipinski definition) is 2. The van der Waals surface area contributed by atoms with Crippen LogP contribution in [0.15, 0.2) is 0 Å². The van der Waals surface area contributed by atoms with E-state index in [0.29, 0.717) is 5.92 Å². The predicted molar refractivity (Wildman–Crippen MR) is 66.0 cm³/mol. The molecule has 0 aromatic rings. The quantitative estimate of drug-likeness (QED) is 0.694. The summed E-state index contributed by atoms with van der Waals surface area (Å²) in [5, 5.41) is 0. The van der Waals surface area contributed by atoms with Gasteiger partial charge in [0.05, 0.1) is 5.60 Å². The summed E-state index contributed by atoms with van der Waals surface area (Å²) in [5.74, 6) is 0.552. The van der Waals surface area contributed by atoms with Gasteiger partial charge in [0.25, 0.3) is 0 Å². The van der Waals surface area contributed by atoms with Crippen molar-refractivity contribution in [2.24, 2.45) is 11.7 Å². The van der Waals surface area contributed by atoms with E-state index < -0.39 is 8.32 Å². The maximum atomic E-state index is 6.23. The molecule has 3 heteroatoms. The second-order valence-electron chi connectivity index (χ2n) is 5.56. The summed E-state index contributed by atoms with van der Waals surface area (Å²) in [6.07, 6.45) is 2.14. The molecule has 0 bridgehead atoms. The molecule has 2 unspecified atom stereocenters. The summed E-state index contributed by atoms with van der Waals surface area (Å²) in [4.78, 5) is 0. The van der Waals surface area contributed by atoms with Crippen LogP contribution in [0.25, 0.3) is 0 Å². The predicted octanol–water partition coefficient (Wildman–Crippen LogP) is 2.99. The summed E-state index contributed by atoms with van der Waals surface area (Å²) < 4.78 is 6.23. The molecule has 0 aliphatic heterocycles. The van der Waals surface area contributed by atoms with Crippen molar-refractivity contribution in [2.45, 2.75) is 58.9 Å². The molecule has 0 heterocycles. The molecule has 86 valence electrons. The summed E-state index contributed by atoms with van der Waals surface area (Å²) in [6.45, 7) is 14.1. The first kappa shape index (κ1) is 14.1. The summed E-state index contributed by atoms with van der Waals surface area (Å²) >= 11 is 0. The fraction of sp³-hybridized carbons (Fsp3) is 1.00. The molecule has 14 heavy (non-hydrogen) atoms. The van der Waals surface area contributed by atoms with Crippen LogP contribution in [0.2, 0.25) is 19.6 Å². The lowest BCUT2D eigenvalue weighted by Crippen LogP contribution is -2.41. The average Bonchev–Trinajstić information content (AvgIpc) is 2.00. The molecule has 0 radical (unpaired) electrons. The van der Waals surface area contributed by atoms with Gasteiger partial charge in [-0.25, -0.2) is 0 Å². The highest BCUT2D eigenvalue weighted by Gasteiger charge is 2.30. The Morgan fingerprint density at radius 2 is 1.86 bits per heavy atom. The third-order valence-corrected chi connectivity index (χ3v) is 3.59. The number of hydrogen-bond donors (Lipinski definition) is 1. The lowest BCUT2D eigenvalue weighted by Gasteiger charge is -2.37. The largest absolute Gasteiger partial charge is 0.412 e. The Labute approximate surface area is 90.3 Å². The van der Waals surface area contributed by atoms with Crippen molar-refractivity contribution in [3.63, 3.8) is 0 Å². The van der Waals surface area contributed by atoms with Crippen molar-refractivity contribution < 1.29 is 4.43 Å². The van der Waals surface area contributed by atoms with E-state index in [-0.39, 0.29) is 5.60 Å². The van der Waals surface area contributed by atoms with Crippen molar-refractivity contribution in [3.05, 3.63) is 0 Å². The highest BCUT2D eigenvalue weighted by molar-refractivity contribution is 6.69. The lowest BCUT2D eigenvalue weighted by atomic mass is 9.91. The molecule has 2 atom stereocenters. The molecule has 0 saturated heterocycles. The molecule has 2 N–H and O–H groups in total. The fourth-order valence-electron chi connectivity index (χ4n) is 1.82.